The summed E-state index contributed by atoms with van der Waals surface area (Å²) in [5, 5.41) is 3.29. The second-order valence-corrected chi connectivity index (χ2v) is 13.4. The first-order valence-corrected chi connectivity index (χ1v) is 15.3. The molecule has 4 aromatic heterocycles. The average Bonchev–Trinajstić information content (AvgIpc) is 3.58. The molecule has 0 atom stereocenters. The number of furan rings is 1. The van der Waals surface area contributed by atoms with Gasteiger partial charge in [0.1, 0.15) is 5.58 Å². The number of thiophene rings is 1. The quantitative estimate of drug-likeness (QED) is 0.168. The van der Waals surface area contributed by atoms with Gasteiger partial charge < -0.3 is 14.4 Å². The molecule has 5 heteroatoms. The van der Waals surface area contributed by atoms with Crippen molar-refractivity contribution in [1.29, 1.82) is 0 Å². The van der Waals surface area contributed by atoms with Gasteiger partial charge in [0.2, 0.25) is 0 Å². The molecule has 0 amide bonds. The fraction of sp³-hybridized carbons (Fsp3) is 0.231. The third-order valence-electron chi connectivity index (χ3n) is 7.36. The molecule has 3 aromatic carbocycles. The first kappa shape index (κ1) is 29.1. The standard InChI is InChI=1S/C25H22NOS.C14H14N.Ir/c1-15-12-17-8-9-19-18-6-5-7-20(22(18)27-23(19)24(17)28-15)21-13-16(10-11-26-21)14-25(2,3)4;1-10-4-6-13(7-5-10)14-8-11(2)12(3)9-15-14;/h5-6,8-13H,14H2,1-4H3;4-6,8-9H,1-3H3;/q2*-1;/i14D2;;. The minimum absolute atomic E-state index is 0. The maximum atomic E-state index is 8.63. The summed E-state index contributed by atoms with van der Waals surface area (Å²) in [5.41, 5.74) is 8.92. The van der Waals surface area contributed by atoms with Crippen LogP contribution in [-0.2, 0) is 26.5 Å². The van der Waals surface area contributed by atoms with E-state index < -0.39 is 11.8 Å². The molecular weight excluding hydrogens is 737 g/mol. The molecule has 0 aliphatic carbocycles. The molecule has 225 valence electrons. The predicted molar refractivity (Wildman–Crippen MR) is 182 cm³/mol. The molecule has 0 bridgehead atoms. The van der Waals surface area contributed by atoms with Crippen LogP contribution >= 0.6 is 11.3 Å². The van der Waals surface area contributed by atoms with Crippen molar-refractivity contribution in [3.63, 3.8) is 0 Å². The first-order chi connectivity index (χ1) is 21.3. The van der Waals surface area contributed by atoms with Crippen LogP contribution < -0.4 is 0 Å². The molecule has 7 rings (SSSR count). The molecule has 0 unspecified atom stereocenters. The molecule has 1 radical (unpaired) electrons. The van der Waals surface area contributed by atoms with Gasteiger partial charge in [0.15, 0.2) is 0 Å². The predicted octanol–water partition coefficient (Wildman–Crippen LogP) is 11.0. The van der Waals surface area contributed by atoms with Crippen molar-refractivity contribution in [2.45, 2.75) is 54.8 Å². The molecule has 44 heavy (non-hydrogen) atoms. The molecule has 0 aliphatic heterocycles. The molecule has 0 saturated carbocycles. The van der Waals surface area contributed by atoms with Gasteiger partial charge >= 0.3 is 0 Å². The summed E-state index contributed by atoms with van der Waals surface area (Å²) in [7, 11) is 0. The molecule has 0 spiro atoms. The molecule has 0 fully saturated rings. The Morgan fingerprint density at radius 3 is 2.36 bits per heavy atom. The number of aryl methyl sites for hydroxylation is 4. The van der Waals surface area contributed by atoms with Crippen LogP contribution in [-0.4, -0.2) is 9.97 Å². The van der Waals surface area contributed by atoms with E-state index in [2.05, 4.69) is 86.2 Å². The minimum Gasteiger partial charge on any atom is -0.499 e. The van der Waals surface area contributed by atoms with Crippen molar-refractivity contribution >= 4 is 43.4 Å². The fourth-order valence-corrected chi connectivity index (χ4v) is 6.12. The van der Waals surface area contributed by atoms with Crippen LogP contribution in [0.2, 0.25) is 0 Å². The van der Waals surface area contributed by atoms with Gasteiger partial charge in [-0.3, -0.25) is 0 Å². The van der Waals surface area contributed by atoms with Gasteiger partial charge in [0.05, 0.1) is 10.3 Å². The Morgan fingerprint density at radius 2 is 1.64 bits per heavy atom. The van der Waals surface area contributed by atoms with E-state index in [0.717, 1.165) is 43.5 Å². The van der Waals surface area contributed by atoms with Gasteiger partial charge in [-0.2, -0.15) is 0 Å². The topological polar surface area (TPSA) is 38.9 Å². The summed E-state index contributed by atoms with van der Waals surface area (Å²) in [6, 6.07) is 28.7. The Bertz CT molecular complexity index is 2180. The van der Waals surface area contributed by atoms with Gasteiger partial charge in [0, 0.05) is 45.5 Å². The number of nitrogens with zero attached hydrogens (tertiary/aromatic N) is 2. The Labute approximate surface area is 280 Å². The van der Waals surface area contributed by atoms with E-state index in [0.29, 0.717) is 11.3 Å². The largest absolute Gasteiger partial charge is 0.499 e. The van der Waals surface area contributed by atoms with Crippen molar-refractivity contribution in [3.8, 4) is 22.5 Å². The number of benzene rings is 3. The SMILES string of the molecule is Cc1c[c-]c(-c2cc(C)c(C)cn2)cc1.[2H]C([2H])(c1ccnc(-c2[c-]ccc3c2oc2c3ccc3cc(C)sc32)c1)C(C)(C)C.[Ir]. The van der Waals surface area contributed by atoms with Crippen LogP contribution in [0.3, 0.4) is 0 Å². The van der Waals surface area contributed by atoms with Gasteiger partial charge in [-0.15, -0.1) is 64.9 Å². The number of fused-ring (bicyclic) bond motifs is 5. The zero-order valence-corrected chi connectivity index (χ0v) is 29.3. The summed E-state index contributed by atoms with van der Waals surface area (Å²) in [6.07, 6.45) is 2.09. The van der Waals surface area contributed by atoms with Crippen molar-refractivity contribution < 1.29 is 27.3 Å². The van der Waals surface area contributed by atoms with Crippen molar-refractivity contribution in [2.24, 2.45) is 5.41 Å². The Hall–Kier alpha value is -3.63. The normalized spacial score (nSPS) is 12.4. The van der Waals surface area contributed by atoms with Gasteiger partial charge in [0.25, 0.3) is 0 Å². The van der Waals surface area contributed by atoms with E-state index in [1.165, 1.54) is 27.0 Å². The first-order valence-electron chi connectivity index (χ1n) is 15.5. The second-order valence-electron chi connectivity index (χ2n) is 12.2. The monoisotopic (exact) mass is 775 g/mol. The van der Waals surface area contributed by atoms with Crippen LogP contribution in [0.15, 0.2) is 83.5 Å². The Balaban J connectivity index is 0.000000220. The molecule has 0 N–H and O–H groups in total. The van der Waals surface area contributed by atoms with E-state index in [1.807, 2.05) is 51.2 Å². The van der Waals surface area contributed by atoms with Gasteiger partial charge in [-0.1, -0.05) is 74.0 Å². The minimum atomic E-state index is -1.49. The van der Waals surface area contributed by atoms with Crippen LogP contribution in [0.4, 0.5) is 0 Å². The zero-order chi connectivity index (χ0) is 32.1. The van der Waals surface area contributed by atoms with Crippen LogP contribution in [0.5, 0.6) is 0 Å². The van der Waals surface area contributed by atoms with Crippen LogP contribution in [0, 0.1) is 45.2 Å². The summed E-state index contributed by atoms with van der Waals surface area (Å²) in [6.45, 7) is 14.1. The van der Waals surface area contributed by atoms with Gasteiger partial charge in [-0.05, 0) is 67.0 Å². The molecule has 0 aliphatic rings. The van der Waals surface area contributed by atoms with Crippen molar-refractivity contribution in [1.82, 2.24) is 9.97 Å². The third-order valence-corrected chi connectivity index (χ3v) is 8.43. The maximum absolute atomic E-state index is 8.63. The Kier molecular flexibility index (Phi) is 8.45. The van der Waals surface area contributed by atoms with E-state index in [1.54, 1.807) is 23.6 Å². The molecule has 3 nitrogen and oxygen atoms in total. The number of hydrogen-bond donors (Lipinski definition) is 0. The Morgan fingerprint density at radius 1 is 0.841 bits per heavy atom. The average molecular weight is 775 g/mol. The number of pyridine rings is 2. The number of hydrogen-bond acceptors (Lipinski definition) is 4. The van der Waals surface area contributed by atoms with Crippen LogP contribution in [0.1, 0.15) is 50.6 Å². The second kappa shape index (κ2) is 12.8. The summed E-state index contributed by atoms with van der Waals surface area (Å²) >= 11 is 1.74. The van der Waals surface area contributed by atoms with E-state index in [9.17, 15) is 0 Å². The number of aromatic nitrogens is 2. The smallest absolute Gasteiger partial charge is 0.138 e. The zero-order valence-electron chi connectivity index (χ0n) is 28.0. The van der Waals surface area contributed by atoms with E-state index in [-0.39, 0.29) is 20.1 Å². The fourth-order valence-electron chi connectivity index (χ4n) is 5.13. The van der Waals surface area contributed by atoms with Crippen LogP contribution in [0.25, 0.3) is 54.5 Å². The van der Waals surface area contributed by atoms with E-state index >= 15 is 0 Å². The van der Waals surface area contributed by atoms with Crippen molar-refractivity contribution in [3.05, 3.63) is 118 Å². The summed E-state index contributed by atoms with van der Waals surface area (Å²) < 4.78 is 24.8. The molecule has 7 aromatic rings. The van der Waals surface area contributed by atoms with E-state index in [4.69, 9.17) is 7.16 Å². The maximum Gasteiger partial charge on any atom is 0.138 e. The number of rotatable bonds is 3. The summed E-state index contributed by atoms with van der Waals surface area (Å²) in [5.74, 6) is 0. The molecular formula is C39H36IrN2OS-2. The molecule has 0 saturated heterocycles. The third kappa shape index (κ3) is 6.71. The van der Waals surface area contributed by atoms with Gasteiger partial charge in [-0.25, -0.2) is 0 Å². The molecule has 4 heterocycles. The summed E-state index contributed by atoms with van der Waals surface area (Å²) in [4.78, 5) is 10.2. The van der Waals surface area contributed by atoms with Crippen molar-refractivity contribution in [2.75, 3.05) is 0 Å².